The maximum Gasteiger partial charge on any atom is 0.373 e. The number of carbonyl (C=O) groups excluding carboxylic acids is 3. The number of rotatable bonds is 7. The van der Waals surface area contributed by atoms with Crippen LogP contribution in [0.2, 0.25) is 0 Å². The highest BCUT2D eigenvalue weighted by atomic mass is 19.1. The van der Waals surface area contributed by atoms with Gasteiger partial charge in [-0.25, -0.2) is 14.0 Å². The summed E-state index contributed by atoms with van der Waals surface area (Å²) < 4.78 is 28.9. The van der Waals surface area contributed by atoms with Gasteiger partial charge in [0.25, 0.3) is 5.91 Å². The fraction of sp³-hybridized carbons (Fsp3) is 0.125. The van der Waals surface area contributed by atoms with Gasteiger partial charge in [-0.1, -0.05) is 24.3 Å². The maximum atomic E-state index is 13.3. The molecule has 1 N–H and O–H groups in total. The first kappa shape index (κ1) is 21.8. The van der Waals surface area contributed by atoms with Crippen molar-refractivity contribution in [3.05, 3.63) is 94.8 Å². The Labute approximate surface area is 188 Å². The zero-order chi connectivity index (χ0) is 23.4. The van der Waals surface area contributed by atoms with Gasteiger partial charge in [0.1, 0.15) is 29.6 Å². The van der Waals surface area contributed by atoms with Crippen LogP contribution in [0.5, 0.6) is 5.75 Å². The van der Waals surface area contributed by atoms with Gasteiger partial charge in [-0.15, -0.1) is 0 Å². The summed E-state index contributed by atoms with van der Waals surface area (Å²) in [6.07, 6.45) is 1.53. The van der Waals surface area contributed by atoms with Gasteiger partial charge in [0.15, 0.2) is 0 Å². The van der Waals surface area contributed by atoms with Crippen LogP contribution in [0.4, 0.5) is 9.18 Å². The van der Waals surface area contributed by atoms with Gasteiger partial charge >= 0.3 is 12.0 Å². The summed E-state index contributed by atoms with van der Waals surface area (Å²) >= 11 is 0. The second-order valence-electron chi connectivity index (χ2n) is 7.13. The van der Waals surface area contributed by atoms with E-state index in [-0.39, 0.29) is 36.2 Å². The molecule has 1 aliphatic heterocycles. The number of nitrogens with one attached hydrogen (secondary N) is 1. The topological polar surface area (TPSA) is 98.1 Å². The van der Waals surface area contributed by atoms with Gasteiger partial charge in [0.2, 0.25) is 5.76 Å². The molecule has 0 spiro atoms. The summed E-state index contributed by atoms with van der Waals surface area (Å²) in [4.78, 5) is 37.5. The molecule has 4 rings (SSSR count). The van der Waals surface area contributed by atoms with Crippen molar-refractivity contribution in [2.45, 2.75) is 13.2 Å². The molecular weight excluding hydrogens is 431 g/mol. The van der Waals surface area contributed by atoms with Crippen molar-refractivity contribution in [1.82, 2.24) is 10.2 Å². The smallest absolute Gasteiger partial charge is 0.373 e. The van der Waals surface area contributed by atoms with Crippen LogP contribution < -0.4 is 10.1 Å². The summed E-state index contributed by atoms with van der Waals surface area (Å²) in [5, 5.41) is 2.53. The molecule has 0 radical (unpaired) electrons. The molecule has 0 saturated carbocycles. The highest BCUT2D eigenvalue weighted by molar-refractivity contribution is 6.13. The van der Waals surface area contributed by atoms with Crippen LogP contribution in [0.1, 0.15) is 27.4 Å². The van der Waals surface area contributed by atoms with E-state index >= 15 is 0 Å². The molecule has 3 aromatic rings. The number of hydrogen-bond acceptors (Lipinski definition) is 6. The van der Waals surface area contributed by atoms with Crippen molar-refractivity contribution in [3.8, 4) is 5.75 Å². The van der Waals surface area contributed by atoms with E-state index in [0.29, 0.717) is 16.9 Å². The SMILES string of the molecule is COC(=O)c1ccc(CN2C(=O)NC(=Cc3cccc(OCc4cccc(F)c4)c3)C2=O)o1. The van der Waals surface area contributed by atoms with Crippen LogP contribution in [0.25, 0.3) is 6.08 Å². The Morgan fingerprint density at radius 2 is 1.94 bits per heavy atom. The number of carbonyl (C=O) groups is 3. The summed E-state index contributed by atoms with van der Waals surface area (Å²) in [5.74, 6) is -0.780. The summed E-state index contributed by atoms with van der Waals surface area (Å²) in [6, 6.07) is 15.3. The molecule has 33 heavy (non-hydrogen) atoms. The van der Waals surface area contributed by atoms with Crippen LogP contribution in [-0.4, -0.2) is 29.9 Å². The lowest BCUT2D eigenvalue weighted by atomic mass is 10.1. The van der Waals surface area contributed by atoms with Gasteiger partial charge in [0.05, 0.1) is 13.7 Å². The minimum Gasteiger partial charge on any atom is -0.489 e. The molecule has 1 aromatic heterocycles. The van der Waals surface area contributed by atoms with Crippen molar-refractivity contribution >= 4 is 24.0 Å². The van der Waals surface area contributed by atoms with Crippen molar-refractivity contribution in [1.29, 1.82) is 0 Å². The third-order valence-electron chi connectivity index (χ3n) is 4.79. The molecule has 2 aromatic carbocycles. The number of hydrogen-bond donors (Lipinski definition) is 1. The van der Waals surface area contributed by atoms with E-state index < -0.39 is 17.9 Å². The number of ether oxygens (including phenoxy) is 2. The first-order valence-corrected chi connectivity index (χ1v) is 9.92. The van der Waals surface area contributed by atoms with Crippen LogP contribution in [-0.2, 0) is 22.7 Å². The lowest BCUT2D eigenvalue weighted by Crippen LogP contribution is -2.30. The monoisotopic (exact) mass is 450 g/mol. The molecular formula is C24H19FN2O6. The van der Waals surface area contributed by atoms with E-state index in [1.807, 2.05) is 0 Å². The number of furan rings is 1. The number of halogens is 1. The number of imide groups is 1. The number of nitrogens with zero attached hydrogens (tertiary/aromatic N) is 1. The molecule has 0 unspecified atom stereocenters. The van der Waals surface area contributed by atoms with Crippen LogP contribution in [0, 0.1) is 5.82 Å². The normalized spacial score (nSPS) is 14.5. The highest BCUT2D eigenvalue weighted by Gasteiger charge is 2.34. The third-order valence-corrected chi connectivity index (χ3v) is 4.79. The van der Waals surface area contributed by atoms with E-state index in [2.05, 4.69) is 10.1 Å². The van der Waals surface area contributed by atoms with E-state index in [1.54, 1.807) is 36.4 Å². The molecule has 1 aliphatic rings. The second kappa shape index (κ2) is 9.39. The predicted octanol–water partition coefficient (Wildman–Crippen LogP) is 3.88. The Balaban J connectivity index is 1.44. The van der Waals surface area contributed by atoms with Crippen LogP contribution >= 0.6 is 0 Å². The fourth-order valence-electron chi connectivity index (χ4n) is 3.20. The average molecular weight is 450 g/mol. The maximum absolute atomic E-state index is 13.3. The molecule has 8 nitrogen and oxygen atoms in total. The average Bonchev–Trinajstić information content (AvgIpc) is 3.38. The minimum absolute atomic E-state index is 0.0228. The first-order chi connectivity index (χ1) is 15.9. The molecule has 168 valence electrons. The molecule has 0 atom stereocenters. The van der Waals surface area contributed by atoms with Gasteiger partial charge in [-0.3, -0.25) is 9.69 Å². The zero-order valence-corrected chi connectivity index (χ0v) is 17.5. The van der Waals surface area contributed by atoms with Gasteiger partial charge in [-0.05, 0) is 53.6 Å². The molecule has 3 amide bonds. The number of benzene rings is 2. The van der Waals surface area contributed by atoms with Gasteiger partial charge in [-0.2, -0.15) is 0 Å². The zero-order valence-electron chi connectivity index (χ0n) is 17.5. The standard InChI is InChI=1S/C24H19FN2O6/c1-31-23(29)21-9-8-19(33-21)13-27-22(28)20(26-24(27)30)12-15-4-3-7-18(11-15)32-14-16-5-2-6-17(25)10-16/h2-12H,13-14H2,1H3,(H,26,30). The van der Waals surface area contributed by atoms with Crippen molar-refractivity contribution in [2.75, 3.05) is 7.11 Å². The first-order valence-electron chi connectivity index (χ1n) is 9.92. The Morgan fingerprint density at radius 1 is 1.12 bits per heavy atom. The quantitative estimate of drug-likeness (QED) is 0.333. The largest absolute Gasteiger partial charge is 0.489 e. The third kappa shape index (κ3) is 5.09. The summed E-state index contributed by atoms with van der Waals surface area (Å²) in [5.41, 5.74) is 1.39. The number of urea groups is 1. The van der Waals surface area contributed by atoms with Gasteiger partial charge in [0, 0.05) is 0 Å². The van der Waals surface area contributed by atoms with Crippen LogP contribution in [0.15, 0.2) is 70.8 Å². The Morgan fingerprint density at radius 3 is 2.73 bits per heavy atom. The minimum atomic E-state index is -0.654. The van der Waals surface area contributed by atoms with E-state index in [1.165, 1.54) is 37.5 Å². The lowest BCUT2D eigenvalue weighted by molar-refractivity contribution is -0.123. The Kier molecular flexibility index (Phi) is 6.21. The second-order valence-corrected chi connectivity index (χ2v) is 7.13. The van der Waals surface area contributed by atoms with Crippen molar-refractivity contribution in [3.63, 3.8) is 0 Å². The summed E-state index contributed by atoms with van der Waals surface area (Å²) in [6.45, 7) is 0.0354. The van der Waals surface area contributed by atoms with E-state index in [0.717, 1.165) is 4.90 Å². The summed E-state index contributed by atoms with van der Waals surface area (Å²) in [7, 11) is 1.22. The van der Waals surface area contributed by atoms with Crippen molar-refractivity contribution < 1.29 is 32.7 Å². The molecule has 1 saturated heterocycles. The lowest BCUT2D eigenvalue weighted by Gasteiger charge is -2.09. The van der Waals surface area contributed by atoms with Crippen LogP contribution in [0.3, 0.4) is 0 Å². The number of esters is 1. The van der Waals surface area contributed by atoms with E-state index in [4.69, 9.17) is 9.15 Å². The molecule has 1 fully saturated rings. The van der Waals surface area contributed by atoms with Gasteiger partial charge < -0.3 is 19.2 Å². The highest BCUT2D eigenvalue weighted by Crippen LogP contribution is 2.21. The molecule has 0 bridgehead atoms. The Hall–Kier alpha value is -4.40. The molecule has 9 heteroatoms. The van der Waals surface area contributed by atoms with E-state index in [9.17, 15) is 18.8 Å². The number of methoxy groups -OCH3 is 1. The van der Waals surface area contributed by atoms with Crippen molar-refractivity contribution in [2.24, 2.45) is 0 Å². The predicted molar refractivity (Wildman–Crippen MR) is 114 cm³/mol. The molecule has 2 heterocycles. The molecule has 0 aliphatic carbocycles. The fourth-order valence-corrected chi connectivity index (χ4v) is 3.20. The number of amides is 3. The Bertz CT molecular complexity index is 1250.